The zero-order valence-electron chi connectivity index (χ0n) is 14.3. The van der Waals surface area contributed by atoms with Gasteiger partial charge in [0.2, 0.25) is 0 Å². The van der Waals surface area contributed by atoms with Gasteiger partial charge >= 0.3 is 6.09 Å². The number of carbonyl (C=O) groups excluding carboxylic acids is 1. The van der Waals surface area contributed by atoms with Crippen LogP contribution < -0.4 is 0 Å². The average molecular weight is 337 g/mol. The van der Waals surface area contributed by atoms with Crippen molar-refractivity contribution in [3.8, 4) is 0 Å². The Morgan fingerprint density at radius 2 is 1.96 bits per heavy atom. The Balaban J connectivity index is 1.84. The number of hydrogen-bond acceptors (Lipinski definition) is 4. The first-order chi connectivity index (χ1) is 11.2. The first-order valence-corrected chi connectivity index (χ1v) is 8.25. The van der Waals surface area contributed by atoms with Crippen molar-refractivity contribution < 1.29 is 23.8 Å². The van der Waals surface area contributed by atoms with Crippen LogP contribution in [-0.2, 0) is 15.1 Å². The Morgan fingerprint density at radius 3 is 2.50 bits per heavy atom. The molecule has 2 saturated heterocycles. The number of halogens is 1. The summed E-state index contributed by atoms with van der Waals surface area (Å²) in [5.74, 6) is -0.378. The van der Waals surface area contributed by atoms with Crippen molar-refractivity contribution >= 4 is 6.09 Å². The Morgan fingerprint density at radius 1 is 1.33 bits per heavy atom. The second kappa shape index (κ2) is 6.01. The maximum absolute atomic E-state index is 13.6. The van der Waals surface area contributed by atoms with Crippen molar-refractivity contribution in [1.29, 1.82) is 0 Å². The number of nitrogens with zero attached hydrogens (tertiary/aromatic N) is 1. The van der Waals surface area contributed by atoms with Crippen LogP contribution in [0.15, 0.2) is 24.3 Å². The Hall–Kier alpha value is -1.66. The molecule has 0 aliphatic carbocycles. The molecule has 0 saturated carbocycles. The average Bonchev–Trinajstić information content (AvgIpc) is 2.44. The summed E-state index contributed by atoms with van der Waals surface area (Å²) in [6.45, 7) is 6.15. The van der Waals surface area contributed by atoms with Gasteiger partial charge in [0.05, 0.1) is 30.9 Å². The van der Waals surface area contributed by atoms with E-state index in [4.69, 9.17) is 9.47 Å². The van der Waals surface area contributed by atoms with Gasteiger partial charge in [-0.25, -0.2) is 9.18 Å². The zero-order chi connectivity index (χ0) is 17.5. The molecule has 2 fully saturated rings. The van der Waals surface area contributed by atoms with Gasteiger partial charge in [0.15, 0.2) is 0 Å². The lowest BCUT2D eigenvalue weighted by atomic mass is 9.77. The summed E-state index contributed by atoms with van der Waals surface area (Å²) < 4.78 is 24.6. The number of benzene rings is 1. The molecule has 132 valence electrons. The molecule has 6 heteroatoms. The molecule has 1 aromatic carbocycles. The first-order valence-electron chi connectivity index (χ1n) is 8.25. The van der Waals surface area contributed by atoms with Crippen LogP contribution in [-0.4, -0.2) is 47.0 Å². The number of morpholine rings is 1. The van der Waals surface area contributed by atoms with Gasteiger partial charge in [-0.15, -0.1) is 0 Å². The summed E-state index contributed by atoms with van der Waals surface area (Å²) in [7, 11) is 0. The fraction of sp³-hybridized carbons (Fsp3) is 0.611. The monoisotopic (exact) mass is 337 g/mol. The van der Waals surface area contributed by atoms with Gasteiger partial charge in [0, 0.05) is 12.8 Å². The summed E-state index contributed by atoms with van der Waals surface area (Å²) in [5.41, 5.74) is -1.20. The van der Waals surface area contributed by atoms with Crippen molar-refractivity contribution in [2.45, 2.75) is 56.9 Å². The predicted molar refractivity (Wildman–Crippen MR) is 86.0 cm³/mol. The smallest absolute Gasteiger partial charge is 0.410 e. The minimum absolute atomic E-state index is 0.291. The van der Waals surface area contributed by atoms with Crippen molar-refractivity contribution in [3.63, 3.8) is 0 Å². The van der Waals surface area contributed by atoms with Gasteiger partial charge in [0.25, 0.3) is 0 Å². The molecule has 5 nitrogen and oxygen atoms in total. The van der Waals surface area contributed by atoms with E-state index in [9.17, 15) is 14.3 Å². The second-order valence-corrected chi connectivity index (χ2v) is 7.68. The molecule has 24 heavy (non-hydrogen) atoms. The van der Waals surface area contributed by atoms with Crippen LogP contribution in [0.3, 0.4) is 0 Å². The molecule has 0 spiro atoms. The maximum atomic E-state index is 13.6. The van der Waals surface area contributed by atoms with Gasteiger partial charge in [-0.1, -0.05) is 12.1 Å². The number of aliphatic hydroxyl groups is 1. The van der Waals surface area contributed by atoms with E-state index in [0.29, 0.717) is 31.6 Å². The molecule has 2 bridgehead atoms. The van der Waals surface area contributed by atoms with Gasteiger partial charge < -0.3 is 14.6 Å². The van der Waals surface area contributed by atoms with E-state index >= 15 is 0 Å². The topological polar surface area (TPSA) is 59.0 Å². The molecule has 2 unspecified atom stereocenters. The van der Waals surface area contributed by atoms with Gasteiger partial charge in [-0.05, 0) is 38.5 Å². The zero-order valence-corrected chi connectivity index (χ0v) is 14.3. The number of rotatable bonds is 1. The molecule has 3 rings (SSSR count). The summed E-state index contributed by atoms with van der Waals surface area (Å²) in [6, 6.07) is 5.45. The summed E-state index contributed by atoms with van der Waals surface area (Å²) >= 11 is 0. The van der Waals surface area contributed by atoms with Gasteiger partial charge in [0.1, 0.15) is 11.4 Å². The standard InChI is InChI=1S/C18H24FNO4/c1-17(2,3)24-16(21)20-14-8-18(22,9-15(20)11-23-10-14)12-5-4-6-13(19)7-12/h4-7,14-15,22H,8-11H2,1-3H3. The number of ether oxygens (including phenoxy) is 2. The molecular formula is C18H24FNO4. The molecule has 1 N–H and O–H groups in total. The molecular weight excluding hydrogens is 313 g/mol. The fourth-order valence-electron chi connectivity index (χ4n) is 3.60. The molecule has 0 aromatic heterocycles. The molecule has 2 aliphatic heterocycles. The lowest BCUT2D eigenvalue weighted by molar-refractivity contribution is -0.141. The number of hydrogen-bond donors (Lipinski definition) is 1. The number of carbonyl (C=O) groups is 1. The third-order valence-corrected chi connectivity index (χ3v) is 4.52. The van der Waals surface area contributed by atoms with Crippen LogP contribution in [0.2, 0.25) is 0 Å². The lowest BCUT2D eigenvalue weighted by Crippen LogP contribution is -2.63. The van der Waals surface area contributed by atoms with E-state index in [1.54, 1.807) is 17.0 Å². The first kappa shape index (κ1) is 17.2. The molecule has 2 atom stereocenters. The van der Waals surface area contributed by atoms with Crippen LogP contribution in [0.4, 0.5) is 9.18 Å². The third-order valence-electron chi connectivity index (χ3n) is 4.52. The van der Waals surface area contributed by atoms with Crippen molar-refractivity contribution in [2.24, 2.45) is 0 Å². The van der Waals surface area contributed by atoms with E-state index in [1.807, 2.05) is 20.8 Å². The van der Waals surface area contributed by atoms with Gasteiger partial charge in [-0.3, -0.25) is 4.90 Å². The normalized spacial score (nSPS) is 30.1. The highest BCUT2D eigenvalue weighted by molar-refractivity contribution is 5.69. The quantitative estimate of drug-likeness (QED) is 0.856. The maximum Gasteiger partial charge on any atom is 0.410 e. The van der Waals surface area contributed by atoms with E-state index in [1.165, 1.54) is 12.1 Å². The van der Waals surface area contributed by atoms with Crippen LogP contribution in [0.5, 0.6) is 0 Å². The summed E-state index contributed by atoms with van der Waals surface area (Å²) in [4.78, 5) is 14.2. The van der Waals surface area contributed by atoms with E-state index in [0.717, 1.165) is 0 Å². The predicted octanol–water partition coefficient (Wildman–Crippen LogP) is 2.81. The lowest BCUT2D eigenvalue weighted by Gasteiger charge is -2.51. The molecule has 1 amide bonds. The van der Waals surface area contributed by atoms with Crippen molar-refractivity contribution in [2.75, 3.05) is 13.2 Å². The number of piperidine rings is 1. The van der Waals surface area contributed by atoms with Crippen LogP contribution in [0.1, 0.15) is 39.2 Å². The highest BCUT2D eigenvalue weighted by atomic mass is 19.1. The molecule has 2 heterocycles. The van der Waals surface area contributed by atoms with E-state index < -0.39 is 11.2 Å². The summed E-state index contributed by atoms with van der Waals surface area (Å²) in [6.07, 6.45) is 0.209. The van der Waals surface area contributed by atoms with E-state index in [-0.39, 0.29) is 24.0 Å². The van der Waals surface area contributed by atoms with Crippen LogP contribution in [0.25, 0.3) is 0 Å². The highest BCUT2D eigenvalue weighted by Crippen LogP contribution is 2.41. The molecule has 2 aliphatic rings. The Labute approximate surface area is 141 Å². The highest BCUT2D eigenvalue weighted by Gasteiger charge is 2.49. The number of amides is 1. The SMILES string of the molecule is CC(C)(C)OC(=O)N1C2COCC1CC(O)(c1cccc(F)c1)C2. The number of fused-ring (bicyclic) bond motifs is 2. The van der Waals surface area contributed by atoms with E-state index in [2.05, 4.69) is 0 Å². The van der Waals surface area contributed by atoms with Gasteiger partial charge in [-0.2, -0.15) is 0 Å². The minimum Gasteiger partial charge on any atom is -0.444 e. The largest absolute Gasteiger partial charge is 0.444 e. The fourth-order valence-corrected chi connectivity index (χ4v) is 3.60. The Bertz CT molecular complexity index is 614. The minimum atomic E-state index is -1.17. The third kappa shape index (κ3) is 3.39. The van der Waals surface area contributed by atoms with Crippen LogP contribution >= 0.6 is 0 Å². The Kier molecular flexibility index (Phi) is 4.30. The van der Waals surface area contributed by atoms with Crippen molar-refractivity contribution in [3.05, 3.63) is 35.6 Å². The summed E-state index contributed by atoms with van der Waals surface area (Å²) in [5, 5.41) is 11.1. The second-order valence-electron chi connectivity index (χ2n) is 7.68. The molecule has 1 aromatic rings. The molecule has 0 radical (unpaired) electrons. The van der Waals surface area contributed by atoms with Crippen molar-refractivity contribution in [1.82, 2.24) is 4.90 Å². The van der Waals surface area contributed by atoms with Crippen LogP contribution in [0, 0.1) is 5.82 Å².